The molecule has 1 aliphatic carbocycles. The van der Waals surface area contributed by atoms with Gasteiger partial charge in [0, 0.05) is 18.5 Å². The second-order valence-electron chi connectivity index (χ2n) is 3.84. The number of allylic oxidation sites excluding steroid dienone is 2. The fourth-order valence-electron chi connectivity index (χ4n) is 2.10. The van der Waals surface area contributed by atoms with E-state index in [-0.39, 0.29) is 5.41 Å². The van der Waals surface area contributed by atoms with E-state index in [9.17, 15) is 0 Å². The largest absolute Gasteiger partial charge is 0.319 e. The molecule has 13 heavy (non-hydrogen) atoms. The standard InChI is InChI=1S/C11H20N2/c1-9-5-6-10(2)11(9,7-12-3)8-13-4/h5-6,12-13H,7-8H2,1-4H3. The van der Waals surface area contributed by atoms with Crippen LogP contribution in [-0.4, -0.2) is 27.2 Å². The van der Waals surface area contributed by atoms with Gasteiger partial charge in [-0.05, 0) is 27.9 Å². The molecule has 0 aromatic heterocycles. The predicted molar refractivity (Wildman–Crippen MR) is 57.8 cm³/mol. The van der Waals surface area contributed by atoms with Crippen molar-refractivity contribution in [2.45, 2.75) is 13.8 Å². The summed E-state index contributed by atoms with van der Waals surface area (Å²) in [5, 5.41) is 6.55. The normalized spacial score (nSPS) is 20.0. The third-order valence-corrected chi connectivity index (χ3v) is 3.05. The summed E-state index contributed by atoms with van der Waals surface area (Å²) in [6, 6.07) is 0. The van der Waals surface area contributed by atoms with Gasteiger partial charge in [-0.25, -0.2) is 0 Å². The van der Waals surface area contributed by atoms with Crippen molar-refractivity contribution in [2.75, 3.05) is 27.2 Å². The lowest BCUT2D eigenvalue weighted by Gasteiger charge is -2.33. The Morgan fingerprint density at radius 3 is 1.69 bits per heavy atom. The van der Waals surface area contributed by atoms with Crippen molar-refractivity contribution in [1.82, 2.24) is 10.6 Å². The lowest BCUT2D eigenvalue weighted by atomic mass is 9.78. The van der Waals surface area contributed by atoms with Crippen molar-refractivity contribution in [3.8, 4) is 0 Å². The molecule has 2 nitrogen and oxygen atoms in total. The van der Waals surface area contributed by atoms with E-state index in [4.69, 9.17) is 0 Å². The molecule has 2 heteroatoms. The Bertz CT molecular complexity index is 212. The summed E-state index contributed by atoms with van der Waals surface area (Å²) in [5.41, 5.74) is 3.12. The molecule has 0 bridgehead atoms. The molecule has 0 amide bonds. The molecular weight excluding hydrogens is 160 g/mol. The van der Waals surface area contributed by atoms with Crippen LogP contribution in [0.2, 0.25) is 0 Å². The minimum absolute atomic E-state index is 0.212. The van der Waals surface area contributed by atoms with Gasteiger partial charge in [0.25, 0.3) is 0 Å². The predicted octanol–water partition coefficient (Wildman–Crippen LogP) is 1.32. The number of hydrogen-bond donors (Lipinski definition) is 2. The Morgan fingerprint density at radius 1 is 1.00 bits per heavy atom. The average Bonchev–Trinajstić information content (AvgIpc) is 2.35. The highest BCUT2D eigenvalue weighted by atomic mass is 14.9. The smallest absolute Gasteiger partial charge is 0.0370 e. The molecule has 1 rings (SSSR count). The summed E-state index contributed by atoms with van der Waals surface area (Å²) >= 11 is 0. The van der Waals surface area contributed by atoms with Gasteiger partial charge < -0.3 is 10.6 Å². The number of nitrogens with one attached hydrogen (secondary N) is 2. The van der Waals surface area contributed by atoms with Crippen LogP contribution in [0.4, 0.5) is 0 Å². The van der Waals surface area contributed by atoms with Gasteiger partial charge in [-0.1, -0.05) is 23.3 Å². The summed E-state index contributed by atoms with van der Waals surface area (Å²) in [7, 11) is 4.02. The van der Waals surface area contributed by atoms with Gasteiger partial charge in [0.15, 0.2) is 0 Å². The molecule has 0 heterocycles. The molecule has 0 radical (unpaired) electrons. The minimum Gasteiger partial charge on any atom is -0.319 e. The van der Waals surface area contributed by atoms with Crippen LogP contribution in [0.25, 0.3) is 0 Å². The van der Waals surface area contributed by atoms with Gasteiger partial charge in [0.2, 0.25) is 0 Å². The molecule has 2 N–H and O–H groups in total. The molecule has 0 atom stereocenters. The third-order valence-electron chi connectivity index (χ3n) is 3.05. The molecule has 0 saturated carbocycles. The Balaban J connectivity index is 2.88. The van der Waals surface area contributed by atoms with Crippen LogP contribution in [0.5, 0.6) is 0 Å². The van der Waals surface area contributed by atoms with Gasteiger partial charge in [0.1, 0.15) is 0 Å². The summed E-state index contributed by atoms with van der Waals surface area (Å²) in [5.74, 6) is 0. The van der Waals surface area contributed by atoms with Crippen molar-refractivity contribution < 1.29 is 0 Å². The van der Waals surface area contributed by atoms with E-state index in [0.29, 0.717) is 0 Å². The first-order valence-electron chi connectivity index (χ1n) is 4.82. The Morgan fingerprint density at radius 2 is 1.38 bits per heavy atom. The first kappa shape index (κ1) is 10.5. The topological polar surface area (TPSA) is 24.1 Å². The Labute approximate surface area is 81.1 Å². The minimum atomic E-state index is 0.212. The first-order valence-corrected chi connectivity index (χ1v) is 4.82. The van der Waals surface area contributed by atoms with Crippen LogP contribution >= 0.6 is 0 Å². The molecule has 0 aromatic rings. The molecule has 0 fully saturated rings. The maximum atomic E-state index is 3.27. The maximum Gasteiger partial charge on any atom is 0.0370 e. The van der Waals surface area contributed by atoms with Crippen LogP contribution in [0, 0.1) is 5.41 Å². The fourth-order valence-corrected chi connectivity index (χ4v) is 2.10. The van der Waals surface area contributed by atoms with Crippen LogP contribution in [-0.2, 0) is 0 Å². The number of rotatable bonds is 4. The van der Waals surface area contributed by atoms with Crippen molar-refractivity contribution in [2.24, 2.45) is 5.41 Å². The van der Waals surface area contributed by atoms with Gasteiger partial charge in [-0.2, -0.15) is 0 Å². The molecular formula is C11H20N2. The fraction of sp³-hybridized carbons (Fsp3) is 0.636. The third kappa shape index (κ3) is 1.69. The molecule has 1 aliphatic rings. The number of hydrogen-bond acceptors (Lipinski definition) is 2. The van der Waals surface area contributed by atoms with Crippen molar-refractivity contribution in [3.63, 3.8) is 0 Å². The van der Waals surface area contributed by atoms with E-state index < -0.39 is 0 Å². The van der Waals surface area contributed by atoms with E-state index in [1.54, 1.807) is 0 Å². The zero-order chi connectivity index (χ0) is 9.90. The molecule has 74 valence electrons. The van der Waals surface area contributed by atoms with Gasteiger partial charge in [-0.3, -0.25) is 0 Å². The lowest BCUT2D eigenvalue weighted by molar-refractivity contribution is 0.400. The lowest BCUT2D eigenvalue weighted by Crippen LogP contribution is -2.41. The summed E-state index contributed by atoms with van der Waals surface area (Å²) in [6.45, 7) is 6.44. The average molecular weight is 180 g/mol. The van der Waals surface area contributed by atoms with E-state index in [1.807, 2.05) is 14.1 Å². The maximum absolute atomic E-state index is 3.27. The first-order chi connectivity index (χ1) is 6.17. The van der Waals surface area contributed by atoms with Crippen LogP contribution in [0.15, 0.2) is 23.3 Å². The van der Waals surface area contributed by atoms with E-state index in [1.165, 1.54) is 11.1 Å². The Hall–Kier alpha value is -0.600. The second-order valence-corrected chi connectivity index (χ2v) is 3.84. The SMILES string of the molecule is CNCC1(CNC)C(C)=CC=C1C. The van der Waals surface area contributed by atoms with Crippen molar-refractivity contribution in [3.05, 3.63) is 23.3 Å². The quantitative estimate of drug-likeness (QED) is 0.682. The second kappa shape index (κ2) is 4.07. The molecule has 0 unspecified atom stereocenters. The highest BCUT2D eigenvalue weighted by Crippen LogP contribution is 2.38. The van der Waals surface area contributed by atoms with Crippen molar-refractivity contribution >= 4 is 0 Å². The monoisotopic (exact) mass is 180 g/mol. The highest BCUT2D eigenvalue weighted by Gasteiger charge is 2.34. The van der Waals surface area contributed by atoms with Crippen LogP contribution in [0.3, 0.4) is 0 Å². The van der Waals surface area contributed by atoms with Gasteiger partial charge in [0.05, 0.1) is 0 Å². The Kier molecular flexibility index (Phi) is 3.28. The van der Waals surface area contributed by atoms with Crippen LogP contribution in [0.1, 0.15) is 13.8 Å². The summed E-state index contributed by atoms with van der Waals surface area (Å²) < 4.78 is 0. The van der Waals surface area contributed by atoms with Gasteiger partial charge >= 0.3 is 0 Å². The molecule has 0 aromatic carbocycles. The van der Waals surface area contributed by atoms with E-state index in [2.05, 4.69) is 36.6 Å². The van der Waals surface area contributed by atoms with Crippen LogP contribution < -0.4 is 10.6 Å². The van der Waals surface area contributed by atoms with E-state index in [0.717, 1.165) is 13.1 Å². The zero-order valence-electron chi connectivity index (χ0n) is 9.07. The zero-order valence-corrected chi connectivity index (χ0v) is 9.07. The molecule has 0 aliphatic heterocycles. The summed E-state index contributed by atoms with van der Waals surface area (Å²) in [6.07, 6.45) is 4.45. The molecule has 0 spiro atoms. The molecule has 0 saturated heterocycles. The summed E-state index contributed by atoms with van der Waals surface area (Å²) in [4.78, 5) is 0. The van der Waals surface area contributed by atoms with E-state index >= 15 is 0 Å². The van der Waals surface area contributed by atoms with Crippen molar-refractivity contribution in [1.29, 1.82) is 0 Å². The highest BCUT2D eigenvalue weighted by molar-refractivity contribution is 5.40. The van der Waals surface area contributed by atoms with Gasteiger partial charge in [-0.15, -0.1) is 0 Å².